The fourth-order valence-corrected chi connectivity index (χ4v) is 5.32. The summed E-state index contributed by atoms with van der Waals surface area (Å²) in [6.45, 7) is 11.3. The van der Waals surface area contributed by atoms with Gasteiger partial charge in [-0.15, -0.1) is 11.5 Å². The summed E-state index contributed by atoms with van der Waals surface area (Å²) in [7, 11) is -1.37. The second-order valence-electron chi connectivity index (χ2n) is 11.2. The third kappa shape index (κ3) is 9.21. The lowest BCUT2D eigenvalue weighted by atomic mass is 9.64. The lowest BCUT2D eigenvalue weighted by Gasteiger charge is -2.40. The molecule has 0 bridgehead atoms. The van der Waals surface area contributed by atoms with E-state index in [1.807, 2.05) is 42.5 Å². The quantitative estimate of drug-likeness (QED) is 0.172. The van der Waals surface area contributed by atoms with Crippen molar-refractivity contribution in [3.05, 3.63) is 83.4 Å². The molecule has 4 heteroatoms. The first-order chi connectivity index (χ1) is 17.3. The summed E-state index contributed by atoms with van der Waals surface area (Å²) in [5.74, 6) is 3.84. The first-order valence-electron chi connectivity index (χ1n) is 13.2. The van der Waals surface area contributed by atoms with Crippen LogP contribution in [0.2, 0.25) is 19.6 Å². The molecule has 3 rings (SSSR count). The maximum absolute atomic E-state index is 13.4. The molecule has 0 spiro atoms. The molecule has 2 aromatic rings. The monoisotopic (exact) mass is 502 g/mol. The molecule has 2 atom stereocenters. The molecule has 0 aliphatic heterocycles. The summed E-state index contributed by atoms with van der Waals surface area (Å²) in [6.07, 6.45) is 6.15. The maximum atomic E-state index is 13.4. The van der Waals surface area contributed by atoms with Gasteiger partial charge in [0.15, 0.2) is 5.78 Å². The van der Waals surface area contributed by atoms with Crippen molar-refractivity contribution in [3.63, 3.8) is 0 Å². The van der Waals surface area contributed by atoms with Gasteiger partial charge in [0.1, 0.15) is 8.07 Å². The second kappa shape index (κ2) is 13.7. The summed E-state index contributed by atoms with van der Waals surface area (Å²) >= 11 is 0. The second-order valence-corrected chi connectivity index (χ2v) is 15.9. The van der Waals surface area contributed by atoms with Crippen LogP contribution in [0.4, 0.5) is 0 Å². The Morgan fingerprint density at radius 1 is 0.917 bits per heavy atom. The Bertz CT molecular complexity index is 1040. The van der Waals surface area contributed by atoms with Gasteiger partial charge in [-0.1, -0.05) is 92.8 Å². The zero-order valence-electron chi connectivity index (χ0n) is 22.5. The highest BCUT2D eigenvalue weighted by atomic mass is 28.3. The number of hydrogen-bond donors (Lipinski definition) is 0. The van der Waals surface area contributed by atoms with E-state index in [2.05, 4.69) is 62.3 Å². The van der Waals surface area contributed by atoms with E-state index in [4.69, 9.17) is 9.47 Å². The van der Waals surface area contributed by atoms with E-state index >= 15 is 0 Å². The van der Waals surface area contributed by atoms with Gasteiger partial charge in [0.2, 0.25) is 0 Å². The molecule has 3 nitrogen and oxygen atoms in total. The van der Waals surface area contributed by atoms with Crippen LogP contribution < -0.4 is 0 Å². The minimum Gasteiger partial charge on any atom is -0.377 e. The van der Waals surface area contributed by atoms with Crippen LogP contribution >= 0.6 is 0 Å². The topological polar surface area (TPSA) is 35.5 Å². The van der Waals surface area contributed by atoms with E-state index < -0.39 is 13.5 Å². The van der Waals surface area contributed by atoms with Crippen molar-refractivity contribution >= 4 is 13.9 Å². The highest BCUT2D eigenvalue weighted by molar-refractivity contribution is 6.83. The minimum absolute atomic E-state index is 0.235. The molecule has 0 aromatic heterocycles. The van der Waals surface area contributed by atoms with Crippen LogP contribution in [0.15, 0.2) is 72.3 Å². The van der Waals surface area contributed by atoms with Crippen molar-refractivity contribution < 1.29 is 14.3 Å². The van der Waals surface area contributed by atoms with E-state index in [-0.39, 0.29) is 11.7 Å². The van der Waals surface area contributed by atoms with Gasteiger partial charge < -0.3 is 9.47 Å². The van der Waals surface area contributed by atoms with Crippen molar-refractivity contribution in [1.82, 2.24) is 0 Å². The average Bonchev–Trinajstić information content (AvgIpc) is 2.86. The number of ether oxygens (including phenoxy) is 2. The van der Waals surface area contributed by atoms with Crippen molar-refractivity contribution in [2.24, 2.45) is 11.3 Å². The van der Waals surface area contributed by atoms with E-state index in [1.54, 1.807) is 0 Å². The Hall–Kier alpha value is -2.45. The van der Waals surface area contributed by atoms with Gasteiger partial charge in [-0.05, 0) is 48.8 Å². The number of ketones is 1. The van der Waals surface area contributed by atoms with Gasteiger partial charge in [-0.25, -0.2) is 0 Å². The summed E-state index contributed by atoms with van der Waals surface area (Å²) < 4.78 is 12.0. The van der Waals surface area contributed by atoms with Crippen LogP contribution in [0, 0.1) is 22.8 Å². The van der Waals surface area contributed by atoms with Crippen LogP contribution in [0.1, 0.15) is 50.2 Å². The van der Waals surface area contributed by atoms with Gasteiger partial charge in [0.05, 0.1) is 13.2 Å². The van der Waals surface area contributed by atoms with E-state index in [0.717, 1.165) is 37.7 Å². The lowest BCUT2D eigenvalue weighted by Crippen LogP contribution is -2.40. The van der Waals surface area contributed by atoms with Crippen molar-refractivity contribution in [2.75, 3.05) is 13.2 Å². The van der Waals surface area contributed by atoms with Crippen molar-refractivity contribution in [1.29, 1.82) is 0 Å². The zero-order chi connectivity index (χ0) is 25.9. The Morgan fingerprint density at radius 2 is 1.50 bits per heavy atom. The Morgan fingerprint density at radius 3 is 2.08 bits per heavy atom. The molecule has 0 amide bonds. The van der Waals surface area contributed by atoms with Crippen LogP contribution in [0.25, 0.3) is 0 Å². The molecular formula is C32H42O3Si. The van der Waals surface area contributed by atoms with Gasteiger partial charge in [-0.2, -0.15) is 0 Å². The number of carbonyl (C=O) groups excluding carboxylic acids is 1. The smallest absolute Gasteiger partial charge is 0.161 e. The SMILES string of the molecule is C[C@]1(CCOCc2ccccc2)C(=O)C=C(CCC#C[Si](C)(C)C)C[C@@H]1CCOCc1ccccc1. The van der Waals surface area contributed by atoms with Crippen molar-refractivity contribution in [2.45, 2.75) is 71.9 Å². The molecule has 192 valence electrons. The van der Waals surface area contributed by atoms with Crippen LogP contribution in [0.5, 0.6) is 0 Å². The molecule has 1 aliphatic rings. The van der Waals surface area contributed by atoms with Crippen LogP contribution in [-0.2, 0) is 27.5 Å². The molecule has 0 heterocycles. The summed E-state index contributed by atoms with van der Waals surface area (Å²) in [6, 6.07) is 20.5. The number of carbonyl (C=O) groups is 1. The number of hydrogen-bond acceptors (Lipinski definition) is 3. The fraction of sp³-hybridized carbons (Fsp3) is 0.469. The molecule has 0 N–H and O–H groups in total. The highest BCUT2D eigenvalue weighted by Crippen LogP contribution is 2.43. The summed E-state index contributed by atoms with van der Waals surface area (Å²) in [5.41, 5.74) is 6.59. The third-order valence-corrected chi connectivity index (χ3v) is 7.87. The Kier molecular flexibility index (Phi) is 10.7. The maximum Gasteiger partial charge on any atom is 0.161 e. The minimum atomic E-state index is -1.37. The van der Waals surface area contributed by atoms with Crippen molar-refractivity contribution in [3.8, 4) is 11.5 Å². The molecule has 2 aromatic carbocycles. The molecule has 1 aliphatic carbocycles. The lowest BCUT2D eigenvalue weighted by molar-refractivity contribution is -0.129. The Balaban J connectivity index is 1.60. The summed E-state index contributed by atoms with van der Waals surface area (Å²) in [4.78, 5) is 13.4. The average molecular weight is 503 g/mol. The standard InChI is InChI=1S/C32H42O3Si/c1-32(19-21-35-26-28-15-9-6-10-16-28)30(18-20-34-25-27-13-7-5-8-14-27)23-29(24-31(32)33)17-11-12-22-36(2,3)4/h5-10,13-16,24,30H,11,17-21,23,25-26H2,1-4H3/t30-,32+/m0/s1. The molecule has 0 saturated carbocycles. The molecule has 0 saturated heterocycles. The Labute approximate surface area is 219 Å². The number of benzene rings is 2. The first kappa shape index (κ1) is 28.1. The first-order valence-corrected chi connectivity index (χ1v) is 16.7. The molecule has 36 heavy (non-hydrogen) atoms. The number of rotatable bonds is 12. The predicted octanol–water partition coefficient (Wildman–Crippen LogP) is 7.38. The highest BCUT2D eigenvalue weighted by Gasteiger charge is 2.42. The normalized spacial score (nSPS) is 19.9. The molecular weight excluding hydrogens is 460 g/mol. The van der Waals surface area contributed by atoms with Gasteiger partial charge >= 0.3 is 0 Å². The van der Waals surface area contributed by atoms with E-state index in [9.17, 15) is 4.79 Å². The van der Waals surface area contributed by atoms with Crippen LogP contribution in [-0.4, -0.2) is 27.1 Å². The van der Waals surface area contributed by atoms with Gasteiger partial charge in [0.25, 0.3) is 0 Å². The largest absolute Gasteiger partial charge is 0.377 e. The predicted molar refractivity (Wildman–Crippen MR) is 151 cm³/mol. The molecule has 0 fully saturated rings. The number of allylic oxidation sites excluding steroid dienone is 2. The third-order valence-electron chi connectivity index (χ3n) is 6.94. The van der Waals surface area contributed by atoms with E-state index in [0.29, 0.717) is 26.4 Å². The fourth-order valence-electron chi connectivity index (χ4n) is 4.66. The van der Waals surface area contributed by atoms with Gasteiger partial charge in [-0.3, -0.25) is 4.79 Å². The zero-order valence-corrected chi connectivity index (χ0v) is 23.5. The summed E-state index contributed by atoms with van der Waals surface area (Å²) in [5, 5.41) is 0. The van der Waals surface area contributed by atoms with Crippen LogP contribution in [0.3, 0.4) is 0 Å². The molecule has 0 unspecified atom stereocenters. The van der Waals surface area contributed by atoms with Gasteiger partial charge in [0, 0.05) is 25.0 Å². The van der Waals surface area contributed by atoms with E-state index in [1.165, 1.54) is 11.1 Å². The molecule has 0 radical (unpaired) electrons.